The summed E-state index contributed by atoms with van der Waals surface area (Å²) in [6, 6.07) is 8.59. The Morgan fingerprint density at radius 3 is 2.59 bits per heavy atom. The summed E-state index contributed by atoms with van der Waals surface area (Å²) in [6.45, 7) is 9.80. The van der Waals surface area contributed by atoms with Crippen LogP contribution in [0.1, 0.15) is 64.2 Å². The van der Waals surface area contributed by atoms with Gasteiger partial charge in [0.15, 0.2) is 0 Å². The normalized spacial score (nSPS) is 35.2. The molecule has 0 spiro atoms. The summed E-state index contributed by atoms with van der Waals surface area (Å²) in [4.78, 5) is 31.7. The number of Topliss-reactive ketones (excluding diaryl/α,β-unsaturated/α-hetero) is 2. The Bertz CT molecular complexity index is 1250. The minimum atomic E-state index is -0.0252. The zero-order chi connectivity index (χ0) is 26.5. The van der Waals surface area contributed by atoms with Gasteiger partial charge >= 0.3 is 0 Å². The van der Waals surface area contributed by atoms with Crippen molar-refractivity contribution in [2.45, 2.75) is 64.2 Å². The molecular weight excluding hydrogens is 502 g/mol. The van der Waals surface area contributed by atoms with Gasteiger partial charge in [0.25, 0.3) is 0 Å². The molecular formula is C33H43N3O2S. The van der Waals surface area contributed by atoms with E-state index in [4.69, 9.17) is 4.37 Å². The predicted octanol–water partition coefficient (Wildman–Crippen LogP) is 6.38. The first-order valence-electron chi connectivity index (χ1n) is 15.6. The number of hydrogen-bond acceptors (Lipinski definition) is 6. The Kier molecular flexibility index (Phi) is 7.13. The van der Waals surface area contributed by atoms with Gasteiger partial charge in [0, 0.05) is 62.3 Å². The molecule has 4 aliphatic carbocycles. The number of carbonyl (C=O) groups is 2. The molecule has 0 amide bonds. The highest BCUT2D eigenvalue weighted by atomic mass is 32.1. The fourth-order valence-electron chi connectivity index (χ4n) is 9.22. The molecule has 4 saturated carbocycles. The van der Waals surface area contributed by atoms with Crippen LogP contribution in [0.3, 0.4) is 0 Å². The molecule has 5 nitrogen and oxygen atoms in total. The quantitative estimate of drug-likeness (QED) is 0.378. The maximum atomic E-state index is 13.5. The van der Waals surface area contributed by atoms with E-state index in [9.17, 15) is 9.59 Å². The Balaban J connectivity index is 0.910. The molecule has 0 N–H and O–H groups in total. The summed E-state index contributed by atoms with van der Waals surface area (Å²) in [6.07, 6.45) is 11.2. The van der Waals surface area contributed by atoms with Gasteiger partial charge in [0.1, 0.15) is 17.4 Å². The van der Waals surface area contributed by atoms with Crippen LogP contribution in [0, 0.1) is 41.4 Å². The lowest BCUT2D eigenvalue weighted by molar-refractivity contribution is -0.143. The van der Waals surface area contributed by atoms with E-state index in [-0.39, 0.29) is 17.8 Å². The Morgan fingerprint density at radius 1 is 0.949 bits per heavy atom. The molecule has 39 heavy (non-hydrogen) atoms. The van der Waals surface area contributed by atoms with E-state index in [0.717, 1.165) is 63.7 Å². The lowest BCUT2D eigenvalue weighted by Gasteiger charge is -2.40. The van der Waals surface area contributed by atoms with Crippen molar-refractivity contribution in [2.24, 2.45) is 41.4 Å². The minimum Gasteiger partial charge on any atom is -0.353 e. The third-order valence-electron chi connectivity index (χ3n) is 11.2. The van der Waals surface area contributed by atoms with Crippen LogP contribution in [0.4, 0.5) is 5.82 Å². The number of carbonyl (C=O) groups excluding carboxylic acids is 2. The van der Waals surface area contributed by atoms with Crippen molar-refractivity contribution in [1.82, 2.24) is 9.27 Å². The van der Waals surface area contributed by atoms with Crippen molar-refractivity contribution in [3.05, 3.63) is 36.4 Å². The van der Waals surface area contributed by atoms with Crippen molar-refractivity contribution in [1.29, 1.82) is 0 Å². The molecule has 1 aromatic carbocycles. The molecule has 2 heterocycles. The van der Waals surface area contributed by atoms with Crippen LogP contribution in [0.25, 0.3) is 10.1 Å². The van der Waals surface area contributed by atoms with Gasteiger partial charge in [0.05, 0.1) is 4.70 Å². The number of ketones is 2. The highest BCUT2D eigenvalue weighted by Gasteiger charge is 2.58. The molecule has 1 saturated heterocycles. The van der Waals surface area contributed by atoms with Crippen molar-refractivity contribution in [3.63, 3.8) is 0 Å². The Morgan fingerprint density at radius 2 is 1.74 bits per heavy atom. The minimum absolute atomic E-state index is 0.0223. The van der Waals surface area contributed by atoms with E-state index in [1.54, 1.807) is 11.5 Å². The monoisotopic (exact) mass is 545 g/mol. The number of benzene rings is 1. The van der Waals surface area contributed by atoms with Crippen LogP contribution in [-0.4, -0.2) is 53.6 Å². The van der Waals surface area contributed by atoms with Crippen molar-refractivity contribution in [3.8, 4) is 0 Å². The molecule has 7 rings (SSSR count). The van der Waals surface area contributed by atoms with Crippen molar-refractivity contribution in [2.75, 3.05) is 37.6 Å². The molecule has 7 unspecified atom stereocenters. The fraction of sp³-hybridized carbons (Fsp3) is 0.667. The van der Waals surface area contributed by atoms with Crippen LogP contribution < -0.4 is 4.90 Å². The topological polar surface area (TPSA) is 53.5 Å². The van der Waals surface area contributed by atoms with Crippen LogP contribution in [0.5, 0.6) is 0 Å². The number of allylic oxidation sites excluding steroid dienone is 1. The largest absolute Gasteiger partial charge is 0.353 e. The lowest BCUT2D eigenvalue weighted by atomic mass is 9.64. The molecule has 2 aromatic rings. The van der Waals surface area contributed by atoms with Crippen LogP contribution in [-0.2, 0) is 9.59 Å². The molecule has 1 aromatic heterocycles. The molecule has 2 bridgehead atoms. The number of nitrogens with zero attached hydrogens (tertiary/aromatic N) is 3. The van der Waals surface area contributed by atoms with Gasteiger partial charge in [-0.15, -0.1) is 0 Å². The Labute approximate surface area is 237 Å². The number of aromatic nitrogens is 1. The SMILES string of the molecule is C=C1CC2CC1C1C(=O)C(CCCC3CCCCC3CN3CCN(c4nsc5ccccc45)CC3)CC(=O)C21. The van der Waals surface area contributed by atoms with E-state index in [1.807, 2.05) is 0 Å². The first-order chi connectivity index (χ1) is 19.1. The van der Waals surface area contributed by atoms with Crippen LogP contribution >= 0.6 is 11.5 Å². The lowest BCUT2D eigenvalue weighted by Crippen LogP contribution is -2.48. The van der Waals surface area contributed by atoms with E-state index in [0.29, 0.717) is 29.8 Å². The summed E-state index contributed by atoms with van der Waals surface area (Å²) in [5.74, 6) is 4.21. The standard InChI is InChI=1S/C33H43N3O2S/c1-21-17-25-18-27(21)31-30(25)28(37)19-23(32(31)38)10-6-9-22-7-2-3-8-24(22)20-35-13-15-36(16-14-35)33-26-11-4-5-12-29(26)39-34-33/h4-5,11-12,22-25,27,30-31H,1-3,6-10,13-20H2. The predicted molar refractivity (Wildman–Crippen MR) is 158 cm³/mol. The maximum Gasteiger partial charge on any atom is 0.150 e. The second-order valence-corrected chi connectivity index (χ2v) is 14.1. The third kappa shape index (κ3) is 4.80. The van der Waals surface area contributed by atoms with Gasteiger partial charge in [-0.2, -0.15) is 4.37 Å². The van der Waals surface area contributed by atoms with Gasteiger partial charge in [-0.3, -0.25) is 14.5 Å². The van der Waals surface area contributed by atoms with E-state index < -0.39 is 0 Å². The first kappa shape index (κ1) is 25.9. The molecule has 0 radical (unpaired) electrons. The zero-order valence-electron chi connectivity index (χ0n) is 23.2. The van der Waals surface area contributed by atoms with Crippen molar-refractivity contribution >= 4 is 39.0 Å². The van der Waals surface area contributed by atoms with Gasteiger partial charge in [-0.25, -0.2) is 0 Å². The average molecular weight is 546 g/mol. The van der Waals surface area contributed by atoms with Gasteiger partial charge in [-0.1, -0.05) is 56.4 Å². The highest BCUT2D eigenvalue weighted by molar-refractivity contribution is 7.13. The fourth-order valence-corrected chi connectivity index (χ4v) is 10.0. The molecule has 6 heteroatoms. The Hall–Kier alpha value is -2.05. The maximum absolute atomic E-state index is 13.5. The second kappa shape index (κ2) is 10.7. The van der Waals surface area contributed by atoms with Gasteiger partial charge < -0.3 is 4.90 Å². The smallest absolute Gasteiger partial charge is 0.150 e. The highest BCUT2D eigenvalue weighted by Crippen LogP contribution is 2.58. The molecule has 5 aliphatic rings. The summed E-state index contributed by atoms with van der Waals surface area (Å²) >= 11 is 1.61. The summed E-state index contributed by atoms with van der Waals surface area (Å²) in [7, 11) is 0. The zero-order valence-corrected chi connectivity index (χ0v) is 24.0. The van der Waals surface area contributed by atoms with E-state index in [2.05, 4.69) is 40.6 Å². The molecule has 1 aliphatic heterocycles. The van der Waals surface area contributed by atoms with Gasteiger partial charge in [0.2, 0.25) is 0 Å². The second-order valence-electron chi connectivity index (χ2n) is 13.3. The van der Waals surface area contributed by atoms with Crippen molar-refractivity contribution < 1.29 is 9.59 Å². The molecule has 208 valence electrons. The third-order valence-corrected chi connectivity index (χ3v) is 12.0. The number of anilines is 1. The average Bonchev–Trinajstić information content (AvgIpc) is 3.66. The number of fused-ring (bicyclic) bond motifs is 6. The first-order valence-corrected chi connectivity index (χ1v) is 16.4. The van der Waals surface area contributed by atoms with E-state index in [1.165, 1.54) is 60.1 Å². The molecule has 5 fully saturated rings. The number of piperazine rings is 1. The summed E-state index contributed by atoms with van der Waals surface area (Å²) in [5, 5.41) is 1.29. The van der Waals surface area contributed by atoms with Crippen LogP contribution in [0.15, 0.2) is 36.4 Å². The van der Waals surface area contributed by atoms with E-state index >= 15 is 0 Å². The molecule has 7 atom stereocenters. The summed E-state index contributed by atoms with van der Waals surface area (Å²) in [5.41, 5.74) is 1.24. The van der Waals surface area contributed by atoms with Crippen LogP contribution in [0.2, 0.25) is 0 Å². The summed E-state index contributed by atoms with van der Waals surface area (Å²) < 4.78 is 6.06. The number of hydrogen-bond donors (Lipinski definition) is 0. The van der Waals surface area contributed by atoms with Gasteiger partial charge in [-0.05, 0) is 73.0 Å². The number of rotatable bonds is 7.